The van der Waals surface area contributed by atoms with E-state index in [0.717, 1.165) is 26.9 Å². The van der Waals surface area contributed by atoms with Crippen LogP contribution in [0.3, 0.4) is 0 Å². The number of benzene rings is 3. The summed E-state index contributed by atoms with van der Waals surface area (Å²) < 4.78 is 6.28. The van der Waals surface area contributed by atoms with Crippen molar-refractivity contribution in [3.8, 4) is 5.75 Å². The lowest BCUT2D eigenvalue weighted by molar-refractivity contribution is -0.120. The molecule has 0 aliphatic rings. The summed E-state index contributed by atoms with van der Waals surface area (Å²) in [6.45, 7) is 2.27. The summed E-state index contributed by atoms with van der Waals surface area (Å²) in [5.41, 5.74) is 3.16. The van der Waals surface area contributed by atoms with E-state index in [1.54, 1.807) is 7.11 Å². The van der Waals surface area contributed by atoms with Gasteiger partial charge in [0, 0.05) is 10.5 Å². The smallest absolute Gasteiger partial charge is 0.234 e. The highest BCUT2D eigenvalue weighted by atomic mass is 79.9. The number of nitrogens with one attached hydrogen (secondary N) is 2. The molecule has 3 aromatic rings. The Balaban J connectivity index is 1.70. The van der Waals surface area contributed by atoms with E-state index < -0.39 is 0 Å². The fraction of sp³-hybridized carbons (Fsp3) is 0.208. The Kier molecular flexibility index (Phi) is 7.44. The van der Waals surface area contributed by atoms with Crippen LogP contribution in [0.2, 0.25) is 0 Å². The van der Waals surface area contributed by atoms with Gasteiger partial charge >= 0.3 is 0 Å². The molecule has 0 aliphatic heterocycles. The Morgan fingerprint density at radius 3 is 2.21 bits per heavy atom. The van der Waals surface area contributed by atoms with Crippen LogP contribution < -0.4 is 15.4 Å². The molecule has 0 aromatic heterocycles. The molecule has 29 heavy (non-hydrogen) atoms. The Labute approximate surface area is 180 Å². The molecule has 0 heterocycles. The van der Waals surface area contributed by atoms with Gasteiger partial charge in [0.1, 0.15) is 5.75 Å². The molecule has 1 amide bonds. The fourth-order valence-electron chi connectivity index (χ4n) is 3.19. The van der Waals surface area contributed by atoms with Crippen LogP contribution in [-0.2, 0) is 4.79 Å². The molecule has 150 valence electrons. The fourth-order valence-corrected chi connectivity index (χ4v) is 3.82. The summed E-state index contributed by atoms with van der Waals surface area (Å²) in [4.78, 5) is 12.7. The maximum absolute atomic E-state index is 12.7. The van der Waals surface area contributed by atoms with E-state index in [1.165, 1.54) is 0 Å². The van der Waals surface area contributed by atoms with Gasteiger partial charge in [0.25, 0.3) is 0 Å². The number of amides is 1. The largest absolute Gasteiger partial charge is 0.497 e. The molecule has 0 fully saturated rings. The topological polar surface area (TPSA) is 50.4 Å². The van der Waals surface area contributed by atoms with Crippen LogP contribution >= 0.6 is 15.9 Å². The van der Waals surface area contributed by atoms with E-state index in [1.807, 2.05) is 85.8 Å². The van der Waals surface area contributed by atoms with E-state index in [4.69, 9.17) is 4.74 Å². The minimum Gasteiger partial charge on any atom is -0.497 e. The highest BCUT2D eigenvalue weighted by molar-refractivity contribution is 9.10. The van der Waals surface area contributed by atoms with E-state index in [-0.39, 0.29) is 24.5 Å². The Morgan fingerprint density at radius 2 is 1.55 bits per heavy atom. The molecule has 0 bridgehead atoms. The lowest BCUT2D eigenvalue weighted by atomic mass is 9.98. The van der Waals surface area contributed by atoms with Crippen molar-refractivity contribution in [2.24, 2.45) is 0 Å². The van der Waals surface area contributed by atoms with Crippen molar-refractivity contribution in [1.29, 1.82) is 0 Å². The minimum atomic E-state index is -0.227. The van der Waals surface area contributed by atoms with E-state index in [2.05, 4.69) is 26.6 Å². The first kappa shape index (κ1) is 21.1. The zero-order valence-electron chi connectivity index (χ0n) is 16.6. The predicted octanol–water partition coefficient (Wildman–Crippen LogP) is 5.01. The number of ether oxygens (including phenoxy) is 1. The van der Waals surface area contributed by atoms with Gasteiger partial charge in [0.15, 0.2) is 0 Å². The van der Waals surface area contributed by atoms with Gasteiger partial charge in [0.05, 0.1) is 19.7 Å². The summed E-state index contributed by atoms with van der Waals surface area (Å²) in [5.74, 6) is 0.726. The van der Waals surface area contributed by atoms with Gasteiger partial charge in [0.2, 0.25) is 5.91 Å². The molecule has 4 nitrogen and oxygen atoms in total. The summed E-state index contributed by atoms with van der Waals surface area (Å²) in [6.07, 6.45) is 0. The van der Waals surface area contributed by atoms with Crippen LogP contribution in [0.25, 0.3) is 0 Å². The molecule has 3 aromatic carbocycles. The Morgan fingerprint density at radius 1 is 0.931 bits per heavy atom. The number of hydrogen-bond donors (Lipinski definition) is 2. The van der Waals surface area contributed by atoms with Gasteiger partial charge in [-0.25, -0.2) is 0 Å². The van der Waals surface area contributed by atoms with E-state index in [0.29, 0.717) is 0 Å². The Hall–Kier alpha value is -2.63. The third-order valence-corrected chi connectivity index (χ3v) is 5.55. The van der Waals surface area contributed by atoms with Crippen LogP contribution in [-0.4, -0.2) is 19.6 Å². The molecule has 0 aliphatic carbocycles. The molecule has 2 atom stereocenters. The van der Waals surface area contributed by atoms with Crippen LogP contribution in [0, 0.1) is 0 Å². The molecular formula is C24H25BrN2O2. The van der Waals surface area contributed by atoms with Crippen molar-refractivity contribution in [2.75, 3.05) is 13.7 Å². The quantitative estimate of drug-likeness (QED) is 0.504. The molecule has 0 unspecified atom stereocenters. The van der Waals surface area contributed by atoms with Crippen molar-refractivity contribution >= 4 is 21.8 Å². The number of carbonyl (C=O) groups is 1. The van der Waals surface area contributed by atoms with Crippen molar-refractivity contribution in [2.45, 2.75) is 19.0 Å². The Bertz CT molecular complexity index is 929. The summed E-state index contributed by atoms with van der Waals surface area (Å²) in [5, 5.41) is 6.46. The number of carbonyl (C=O) groups excluding carboxylic acids is 1. The number of halogens is 1. The number of rotatable bonds is 8. The van der Waals surface area contributed by atoms with Gasteiger partial charge < -0.3 is 15.4 Å². The zero-order valence-corrected chi connectivity index (χ0v) is 18.1. The van der Waals surface area contributed by atoms with Crippen LogP contribution in [0.5, 0.6) is 5.75 Å². The number of methoxy groups -OCH3 is 1. The lowest BCUT2D eigenvalue weighted by Crippen LogP contribution is -2.37. The van der Waals surface area contributed by atoms with Crippen LogP contribution in [0.15, 0.2) is 83.3 Å². The van der Waals surface area contributed by atoms with Gasteiger partial charge in [-0.05, 0) is 41.8 Å². The number of hydrogen-bond acceptors (Lipinski definition) is 3. The first-order valence-electron chi connectivity index (χ1n) is 9.54. The molecule has 0 saturated carbocycles. The summed E-state index contributed by atoms with van der Waals surface area (Å²) >= 11 is 3.57. The van der Waals surface area contributed by atoms with Gasteiger partial charge in [-0.15, -0.1) is 0 Å². The van der Waals surface area contributed by atoms with E-state index in [9.17, 15) is 4.79 Å². The monoisotopic (exact) mass is 452 g/mol. The SMILES string of the molecule is COc1ccc([C@@H](NC(=O)CN[C@H](C)c2ccccc2Br)c2ccccc2)cc1. The minimum absolute atomic E-state index is 0.0486. The lowest BCUT2D eigenvalue weighted by Gasteiger charge is -2.21. The predicted molar refractivity (Wildman–Crippen MR) is 120 cm³/mol. The standard InChI is InChI=1S/C24H25BrN2O2/c1-17(21-10-6-7-11-22(21)25)26-16-23(28)27-24(18-8-4-3-5-9-18)19-12-14-20(29-2)15-13-19/h3-15,17,24,26H,16H2,1-2H3,(H,27,28)/t17-,24+/m1/s1. The molecule has 2 N–H and O–H groups in total. The molecule has 0 radical (unpaired) electrons. The molecule has 0 spiro atoms. The highest BCUT2D eigenvalue weighted by Gasteiger charge is 2.18. The van der Waals surface area contributed by atoms with Gasteiger partial charge in [-0.3, -0.25) is 4.79 Å². The normalized spacial score (nSPS) is 12.8. The molecule has 0 saturated heterocycles. The van der Waals surface area contributed by atoms with Crippen molar-refractivity contribution in [3.05, 3.63) is 100 Å². The van der Waals surface area contributed by atoms with E-state index >= 15 is 0 Å². The van der Waals surface area contributed by atoms with Crippen LogP contribution in [0.1, 0.15) is 35.7 Å². The average molecular weight is 453 g/mol. The third kappa shape index (κ3) is 5.68. The first-order valence-corrected chi connectivity index (χ1v) is 10.3. The highest BCUT2D eigenvalue weighted by Crippen LogP contribution is 2.25. The first-order chi connectivity index (χ1) is 14.1. The van der Waals surface area contributed by atoms with Crippen LogP contribution in [0.4, 0.5) is 0 Å². The average Bonchev–Trinajstić information content (AvgIpc) is 2.77. The van der Waals surface area contributed by atoms with Gasteiger partial charge in [-0.2, -0.15) is 0 Å². The third-order valence-electron chi connectivity index (χ3n) is 4.83. The second-order valence-electron chi connectivity index (χ2n) is 6.81. The van der Waals surface area contributed by atoms with Crippen molar-refractivity contribution < 1.29 is 9.53 Å². The van der Waals surface area contributed by atoms with Crippen molar-refractivity contribution in [3.63, 3.8) is 0 Å². The second-order valence-corrected chi connectivity index (χ2v) is 7.66. The second kappa shape index (κ2) is 10.2. The maximum Gasteiger partial charge on any atom is 0.234 e. The summed E-state index contributed by atoms with van der Waals surface area (Å²) in [7, 11) is 1.64. The summed E-state index contributed by atoms with van der Waals surface area (Å²) in [6, 6.07) is 25.6. The maximum atomic E-state index is 12.7. The molecule has 5 heteroatoms. The molecule has 3 rings (SSSR count). The molecular weight excluding hydrogens is 428 g/mol. The van der Waals surface area contributed by atoms with Gasteiger partial charge in [-0.1, -0.05) is 76.6 Å². The van der Waals surface area contributed by atoms with Crippen molar-refractivity contribution in [1.82, 2.24) is 10.6 Å². The zero-order chi connectivity index (χ0) is 20.6.